The molecule has 0 radical (unpaired) electrons. The van der Waals surface area contributed by atoms with E-state index in [1.807, 2.05) is 0 Å². The van der Waals surface area contributed by atoms with Crippen molar-refractivity contribution >= 4 is 5.91 Å². The first-order chi connectivity index (χ1) is 7.86. The maximum absolute atomic E-state index is 12.0. The third kappa shape index (κ3) is 1.96. The summed E-state index contributed by atoms with van der Waals surface area (Å²) in [6.45, 7) is 3.30. The van der Waals surface area contributed by atoms with E-state index in [-0.39, 0.29) is 0 Å². The Hall–Kier alpha value is -0.610. The molecule has 1 saturated carbocycles. The van der Waals surface area contributed by atoms with Crippen LogP contribution in [-0.2, 0) is 4.79 Å². The molecule has 0 spiro atoms. The zero-order chi connectivity index (χ0) is 11.0. The molecule has 2 aliphatic heterocycles. The fourth-order valence-electron chi connectivity index (χ4n) is 2.95. The molecule has 3 aliphatic rings. The molecule has 16 heavy (non-hydrogen) atoms. The molecule has 4 nitrogen and oxygen atoms in total. The van der Waals surface area contributed by atoms with Gasteiger partial charge in [-0.15, -0.1) is 0 Å². The summed E-state index contributed by atoms with van der Waals surface area (Å²) in [5, 5.41) is 7.90. The number of hydrogen-bond donors (Lipinski definition) is 1. The Morgan fingerprint density at radius 1 is 1.06 bits per heavy atom. The molecule has 0 bridgehead atoms. The van der Waals surface area contributed by atoms with Crippen molar-refractivity contribution in [2.24, 2.45) is 0 Å². The van der Waals surface area contributed by atoms with Crippen molar-refractivity contribution in [2.45, 2.75) is 50.6 Å². The average Bonchev–Trinajstić information content (AvgIpc) is 3.14. The normalized spacial score (nSPS) is 29.8. The van der Waals surface area contributed by atoms with Gasteiger partial charge in [0.15, 0.2) is 0 Å². The number of hydrogen-bond acceptors (Lipinski definition) is 3. The van der Waals surface area contributed by atoms with E-state index >= 15 is 0 Å². The molecule has 1 amide bonds. The number of piperidine rings is 1. The summed E-state index contributed by atoms with van der Waals surface area (Å²) in [6.07, 6.45) is 6.62. The molecule has 2 heterocycles. The van der Waals surface area contributed by atoms with Crippen LogP contribution in [0.2, 0.25) is 0 Å². The molecule has 1 aliphatic carbocycles. The van der Waals surface area contributed by atoms with Crippen LogP contribution in [0.5, 0.6) is 0 Å². The predicted octanol–water partition coefficient (Wildman–Crippen LogP) is 0.740. The van der Waals surface area contributed by atoms with Gasteiger partial charge in [-0.1, -0.05) is 0 Å². The van der Waals surface area contributed by atoms with Crippen LogP contribution in [0, 0.1) is 0 Å². The molecule has 0 aromatic rings. The average molecular weight is 223 g/mol. The van der Waals surface area contributed by atoms with E-state index in [9.17, 15) is 4.79 Å². The molecule has 0 unspecified atom stereocenters. The number of nitrogens with zero attached hydrogens (tertiary/aromatic N) is 2. The molecular weight excluding hydrogens is 202 g/mol. The maximum atomic E-state index is 12.0. The Bertz CT molecular complexity index is 271. The van der Waals surface area contributed by atoms with Crippen molar-refractivity contribution in [1.29, 1.82) is 0 Å². The van der Waals surface area contributed by atoms with E-state index in [4.69, 9.17) is 0 Å². The maximum Gasteiger partial charge on any atom is 0.237 e. The van der Waals surface area contributed by atoms with Crippen LogP contribution in [0.1, 0.15) is 38.5 Å². The van der Waals surface area contributed by atoms with Gasteiger partial charge < -0.3 is 5.32 Å². The Kier molecular flexibility index (Phi) is 2.86. The highest BCUT2D eigenvalue weighted by Gasteiger charge is 2.40. The second kappa shape index (κ2) is 4.34. The zero-order valence-electron chi connectivity index (χ0n) is 9.82. The second-order valence-corrected chi connectivity index (χ2v) is 5.22. The van der Waals surface area contributed by atoms with Crippen molar-refractivity contribution < 1.29 is 4.79 Å². The van der Waals surface area contributed by atoms with E-state index in [0.717, 1.165) is 32.5 Å². The van der Waals surface area contributed by atoms with Gasteiger partial charge in [-0.05, 0) is 45.2 Å². The fourth-order valence-corrected chi connectivity index (χ4v) is 2.95. The summed E-state index contributed by atoms with van der Waals surface area (Å²) >= 11 is 0. The van der Waals surface area contributed by atoms with E-state index < -0.39 is 0 Å². The van der Waals surface area contributed by atoms with Crippen LogP contribution in [-0.4, -0.2) is 47.6 Å². The first-order valence-corrected chi connectivity index (χ1v) is 6.65. The van der Waals surface area contributed by atoms with Crippen LogP contribution in [0.3, 0.4) is 0 Å². The lowest BCUT2D eigenvalue weighted by molar-refractivity contribution is -0.164. The van der Waals surface area contributed by atoms with Crippen molar-refractivity contribution in [3.63, 3.8) is 0 Å². The van der Waals surface area contributed by atoms with Crippen molar-refractivity contribution in [3.05, 3.63) is 0 Å². The van der Waals surface area contributed by atoms with E-state index in [1.165, 1.54) is 25.7 Å². The smallest absolute Gasteiger partial charge is 0.237 e. The van der Waals surface area contributed by atoms with Crippen LogP contribution in [0.4, 0.5) is 0 Å². The van der Waals surface area contributed by atoms with Crippen LogP contribution in [0.25, 0.3) is 0 Å². The molecule has 0 atom stereocenters. The molecular formula is C12H21N3O. The minimum absolute atomic E-state index is 0.368. The summed E-state index contributed by atoms with van der Waals surface area (Å²) < 4.78 is 0. The second-order valence-electron chi connectivity index (χ2n) is 5.22. The lowest BCUT2D eigenvalue weighted by Gasteiger charge is -2.45. The summed E-state index contributed by atoms with van der Waals surface area (Å²) in [5.41, 5.74) is 0. The molecule has 90 valence electrons. The first-order valence-electron chi connectivity index (χ1n) is 6.65. The molecule has 2 saturated heterocycles. The summed E-state index contributed by atoms with van der Waals surface area (Å²) in [7, 11) is 0. The first kappa shape index (κ1) is 10.5. The van der Waals surface area contributed by atoms with Gasteiger partial charge in [0.25, 0.3) is 0 Å². The van der Waals surface area contributed by atoms with Crippen LogP contribution < -0.4 is 5.32 Å². The van der Waals surface area contributed by atoms with Gasteiger partial charge in [-0.3, -0.25) is 9.80 Å². The van der Waals surface area contributed by atoms with Gasteiger partial charge in [-0.2, -0.15) is 0 Å². The Labute approximate surface area is 96.9 Å². The lowest BCUT2D eigenvalue weighted by Crippen LogP contribution is -2.57. The van der Waals surface area contributed by atoms with Gasteiger partial charge >= 0.3 is 0 Å². The number of hydrazine groups is 1. The molecule has 3 fully saturated rings. The van der Waals surface area contributed by atoms with E-state index in [1.54, 1.807) is 0 Å². The van der Waals surface area contributed by atoms with Gasteiger partial charge in [0.2, 0.25) is 5.91 Å². The van der Waals surface area contributed by atoms with Gasteiger partial charge in [0.05, 0.1) is 0 Å². The number of rotatable bonds is 2. The van der Waals surface area contributed by atoms with E-state index in [2.05, 4.69) is 15.3 Å². The van der Waals surface area contributed by atoms with Crippen molar-refractivity contribution in [2.75, 3.05) is 19.6 Å². The lowest BCUT2D eigenvalue weighted by atomic mass is 10.0. The van der Waals surface area contributed by atoms with Crippen molar-refractivity contribution in [3.8, 4) is 0 Å². The van der Waals surface area contributed by atoms with E-state index in [0.29, 0.717) is 18.0 Å². The third-order valence-corrected chi connectivity index (χ3v) is 3.93. The summed E-state index contributed by atoms with van der Waals surface area (Å²) in [6, 6.07) is 1.15. The number of carbonyl (C=O) groups is 1. The molecule has 0 aromatic carbocycles. The Balaban J connectivity index is 1.71. The highest BCUT2D eigenvalue weighted by molar-refractivity contribution is 5.77. The molecule has 3 rings (SSSR count). The summed E-state index contributed by atoms with van der Waals surface area (Å²) in [4.78, 5) is 12.0. The SMILES string of the molecule is O=C1CCCN(C2CCNCC2)N1C1CC1. The fraction of sp³-hybridized carbons (Fsp3) is 0.917. The largest absolute Gasteiger partial charge is 0.317 e. The Morgan fingerprint density at radius 2 is 1.81 bits per heavy atom. The zero-order valence-corrected chi connectivity index (χ0v) is 9.82. The third-order valence-electron chi connectivity index (χ3n) is 3.93. The minimum atomic E-state index is 0.368. The summed E-state index contributed by atoms with van der Waals surface area (Å²) in [5.74, 6) is 0.368. The van der Waals surface area contributed by atoms with Crippen molar-refractivity contribution in [1.82, 2.24) is 15.3 Å². The highest BCUT2D eigenvalue weighted by atomic mass is 16.2. The molecule has 0 aromatic heterocycles. The predicted molar refractivity (Wildman–Crippen MR) is 61.7 cm³/mol. The number of carbonyl (C=O) groups excluding carboxylic acids is 1. The monoisotopic (exact) mass is 223 g/mol. The van der Waals surface area contributed by atoms with Crippen LogP contribution >= 0.6 is 0 Å². The quantitative estimate of drug-likeness (QED) is 0.750. The van der Waals surface area contributed by atoms with Gasteiger partial charge in [0.1, 0.15) is 0 Å². The highest BCUT2D eigenvalue weighted by Crippen LogP contribution is 2.33. The topological polar surface area (TPSA) is 35.6 Å². The molecule has 1 N–H and O–H groups in total. The standard InChI is InChI=1S/C12H21N3O/c16-12-2-1-9-14(15(12)11-3-4-11)10-5-7-13-8-6-10/h10-11,13H,1-9H2. The van der Waals surface area contributed by atoms with Crippen LogP contribution in [0.15, 0.2) is 0 Å². The minimum Gasteiger partial charge on any atom is -0.317 e. The Morgan fingerprint density at radius 3 is 2.50 bits per heavy atom. The number of nitrogens with one attached hydrogen (secondary N) is 1. The molecule has 4 heteroatoms. The van der Waals surface area contributed by atoms with Gasteiger partial charge in [-0.25, -0.2) is 5.01 Å². The number of amides is 1. The van der Waals surface area contributed by atoms with Gasteiger partial charge in [0, 0.05) is 25.0 Å².